The number of nitrogens with one attached hydrogen (secondary N) is 1. The lowest BCUT2D eigenvalue weighted by molar-refractivity contribution is -0.140. The molecular weight excluding hydrogens is 614 g/mol. The number of aryl methyl sites for hydroxylation is 2. The molecule has 0 spiro atoms. The number of amides is 2. The lowest BCUT2D eigenvalue weighted by Gasteiger charge is -2.34. The molecule has 4 aromatic carbocycles. The van der Waals surface area contributed by atoms with Crippen LogP contribution >= 0.6 is 0 Å². The SMILES string of the molecule is COc1ccc(S(=O)(=O)N(CC(=O)N(Cc2ccc(C)cc2)[C@H](Cc2ccccc2)C(=O)NC(C)C)c2ccc(C)cc2)cc1OC. The lowest BCUT2D eigenvalue weighted by atomic mass is 10.0. The first-order valence-electron chi connectivity index (χ1n) is 15.4. The van der Waals surface area contributed by atoms with Crippen LogP contribution in [0, 0.1) is 13.8 Å². The average Bonchev–Trinajstić information content (AvgIpc) is 3.06. The van der Waals surface area contributed by atoms with Crippen molar-refractivity contribution in [1.29, 1.82) is 0 Å². The van der Waals surface area contributed by atoms with Crippen LogP contribution in [-0.4, -0.2) is 58.0 Å². The third-order valence-electron chi connectivity index (χ3n) is 7.72. The normalized spacial score (nSPS) is 11.9. The van der Waals surface area contributed by atoms with E-state index in [1.54, 1.807) is 24.3 Å². The van der Waals surface area contributed by atoms with Crippen LogP contribution in [0.25, 0.3) is 0 Å². The van der Waals surface area contributed by atoms with E-state index in [1.807, 2.05) is 82.3 Å². The molecule has 0 aliphatic heterocycles. The van der Waals surface area contributed by atoms with Crippen molar-refractivity contribution in [3.05, 3.63) is 119 Å². The third-order valence-corrected chi connectivity index (χ3v) is 9.49. The Morgan fingerprint density at radius 3 is 1.94 bits per heavy atom. The summed E-state index contributed by atoms with van der Waals surface area (Å²) in [6.07, 6.45) is 0.240. The van der Waals surface area contributed by atoms with E-state index in [0.29, 0.717) is 11.4 Å². The number of hydrogen-bond acceptors (Lipinski definition) is 6. The van der Waals surface area contributed by atoms with E-state index < -0.39 is 28.5 Å². The van der Waals surface area contributed by atoms with E-state index in [-0.39, 0.29) is 35.6 Å². The fraction of sp³-hybridized carbons (Fsp3) is 0.297. The quantitative estimate of drug-likeness (QED) is 0.187. The van der Waals surface area contributed by atoms with Crippen molar-refractivity contribution in [3.8, 4) is 11.5 Å². The number of anilines is 1. The highest BCUT2D eigenvalue weighted by Gasteiger charge is 2.35. The summed E-state index contributed by atoms with van der Waals surface area (Å²) < 4.78 is 40.5. The van der Waals surface area contributed by atoms with E-state index >= 15 is 0 Å². The zero-order chi connectivity index (χ0) is 34.1. The second kappa shape index (κ2) is 15.6. The minimum atomic E-state index is -4.31. The Bertz CT molecular complexity index is 1760. The van der Waals surface area contributed by atoms with Crippen molar-refractivity contribution in [1.82, 2.24) is 10.2 Å². The molecule has 4 rings (SSSR count). The van der Waals surface area contributed by atoms with Crippen LogP contribution < -0.4 is 19.1 Å². The molecule has 0 fully saturated rings. The predicted molar refractivity (Wildman–Crippen MR) is 184 cm³/mol. The molecule has 47 heavy (non-hydrogen) atoms. The van der Waals surface area contributed by atoms with Crippen LogP contribution in [0.2, 0.25) is 0 Å². The van der Waals surface area contributed by atoms with E-state index in [4.69, 9.17) is 9.47 Å². The predicted octanol–water partition coefficient (Wildman–Crippen LogP) is 5.68. The highest BCUT2D eigenvalue weighted by Crippen LogP contribution is 2.32. The van der Waals surface area contributed by atoms with Gasteiger partial charge < -0.3 is 19.7 Å². The Hall–Kier alpha value is -4.83. The van der Waals surface area contributed by atoms with Gasteiger partial charge in [-0.2, -0.15) is 0 Å². The van der Waals surface area contributed by atoms with E-state index in [0.717, 1.165) is 26.6 Å². The number of hydrogen-bond donors (Lipinski definition) is 1. The van der Waals surface area contributed by atoms with E-state index in [9.17, 15) is 18.0 Å². The molecule has 0 heterocycles. The van der Waals surface area contributed by atoms with Gasteiger partial charge in [0, 0.05) is 25.1 Å². The van der Waals surface area contributed by atoms with Crippen LogP contribution in [-0.2, 0) is 32.6 Å². The number of nitrogens with zero attached hydrogens (tertiary/aromatic N) is 2. The molecule has 0 aliphatic rings. The Morgan fingerprint density at radius 1 is 0.766 bits per heavy atom. The Morgan fingerprint density at radius 2 is 1.36 bits per heavy atom. The molecule has 9 nitrogen and oxygen atoms in total. The third kappa shape index (κ3) is 8.92. The van der Waals surface area contributed by atoms with Crippen molar-refractivity contribution in [3.63, 3.8) is 0 Å². The van der Waals surface area contributed by atoms with Gasteiger partial charge in [-0.15, -0.1) is 0 Å². The largest absolute Gasteiger partial charge is 0.493 e. The summed E-state index contributed by atoms with van der Waals surface area (Å²) in [7, 11) is -1.42. The highest BCUT2D eigenvalue weighted by atomic mass is 32.2. The maximum Gasteiger partial charge on any atom is 0.264 e. The number of carbonyl (C=O) groups is 2. The number of benzene rings is 4. The summed E-state index contributed by atoms with van der Waals surface area (Å²) in [6.45, 7) is 7.13. The summed E-state index contributed by atoms with van der Waals surface area (Å²) in [6, 6.07) is 27.3. The summed E-state index contributed by atoms with van der Waals surface area (Å²) in [4.78, 5) is 29.8. The molecule has 0 bridgehead atoms. The average molecular weight is 658 g/mol. The zero-order valence-corrected chi connectivity index (χ0v) is 28.6. The number of sulfonamides is 1. The molecule has 1 atom stereocenters. The van der Waals surface area contributed by atoms with Crippen molar-refractivity contribution in [2.75, 3.05) is 25.1 Å². The molecule has 0 radical (unpaired) electrons. The van der Waals surface area contributed by atoms with Gasteiger partial charge in [-0.25, -0.2) is 8.42 Å². The highest BCUT2D eigenvalue weighted by molar-refractivity contribution is 7.92. The minimum Gasteiger partial charge on any atom is -0.493 e. The standard InChI is InChI=1S/C37H43N3O6S/c1-26(2)38-37(42)33(22-29-10-8-7-9-11-29)39(24-30-16-12-27(3)13-17-30)36(41)25-40(31-18-14-28(4)15-19-31)47(43,44)32-20-21-34(45-5)35(23-32)46-6/h7-21,23,26,33H,22,24-25H2,1-6H3,(H,38,42)/t33-/m1/s1. The first-order chi connectivity index (χ1) is 22.4. The Balaban J connectivity index is 1.82. The lowest BCUT2D eigenvalue weighted by Crippen LogP contribution is -2.54. The molecule has 248 valence electrons. The van der Waals surface area contributed by atoms with Crippen molar-refractivity contribution in [2.45, 2.75) is 57.6 Å². The number of carbonyl (C=O) groups excluding carboxylic acids is 2. The van der Waals surface area contributed by atoms with Gasteiger partial charge in [0.05, 0.1) is 24.8 Å². The summed E-state index contributed by atoms with van der Waals surface area (Å²) in [5, 5.41) is 2.97. The van der Waals surface area contributed by atoms with Crippen LogP contribution in [0.5, 0.6) is 11.5 Å². The first kappa shape index (κ1) is 35.0. The molecule has 0 unspecified atom stereocenters. The number of rotatable bonds is 14. The van der Waals surface area contributed by atoms with Gasteiger partial charge in [0.15, 0.2) is 11.5 Å². The summed E-state index contributed by atoms with van der Waals surface area (Å²) >= 11 is 0. The maximum atomic E-state index is 14.6. The van der Waals surface area contributed by atoms with E-state index in [2.05, 4.69) is 5.32 Å². The summed E-state index contributed by atoms with van der Waals surface area (Å²) in [5.74, 6) is -0.254. The Kier molecular flexibility index (Phi) is 11.7. The summed E-state index contributed by atoms with van der Waals surface area (Å²) in [5.41, 5.74) is 3.96. The van der Waals surface area contributed by atoms with Crippen molar-refractivity contribution in [2.24, 2.45) is 0 Å². The second-order valence-corrected chi connectivity index (χ2v) is 13.6. The molecule has 0 saturated heterocycles. The molecule has 0 aromatic heterocycles. The maximum absolute atomic E-state index is 14.6. The van der Waals surface area contributed by atoms with Gasteiger partial charge in [0.1, 0.15) is 12.6 Å². The van der Waals surface area contributed by atoms with E-state index in [1.165, 1.54) is 37.3 Å². The first-order valence-corrected chi connectivity index (χ1v) is 16.9. The van der Waals surface area contributed by atoms with Gasteiger partial charge in [0.2, 0.25) is 11.8 Å². The molecule has 0 aliphatic carbocycles. The minimum absolute atomic E-state index is 0.0769. The number of methoxy groups -OCH3 is 2. The van der Waals surface area contributed by atoms with Crippen LogP contribution in [0.4, 0.5) is 5.69 Å². The van der Waals surface area contributed by atoms with Crippen molar-refractivity contribution >= 4 is 27.5 Å². The zero-order valence-electron chi connectivity index (χ0n) is 27.8. The van der Waals surface area contributed by atoms with Crippen LogP contribution in [0.1, 0.15) is 36.1 Å². The molecule has 0 saturated carbocycles. The second-order valence-electron chi connectivity index (χ2n) is 11.7. The molecule has 2 amide bonds. The smallest absolute Gasteiger partial charge is 0.264 e. The number of ether oxygens (including phenoxy) is 2. The van der Waals surface area contributed by atoms with Crippen LogP contribution in [0.15, 0.2) is 102 Å². The molecular formula is C37H43N3O6S. The van der Waals surface area contributed by atoms with Crippen molar-refractivity contribution < 1.29 is 27.5 Å². The van der Waals surface area contributed by atoms with Gasteiger partial charge >= 0.3 is 0 Å². The van der Waals surface area contributed by atoms with Gasteiger partial charge in [-0.05, 0) is 63.1 Å². The van der Waals surface area contributed by atoms with Crippen LogP contribution in [0.3, 0.4) is 0 Å². The molecule has 10 heteroatoms. The molecule has 1 N–H and O–H groups in total. The van der Waals surface area contributed by atoms with Gasteiger partial charge in [-0.3, -0.25) is 13.9 Å². The fourth-order valence-electron chi connectivity index (χ4n) is 5.17. The Labute approximate surface area is 278 Å². The molecule has 4 aromatic rings. The van der Waals surface area contributed by atoms with Gasteiger partial charge in [0.25, 0.3) is 10.0 Å². The topological polar surface area (TPSA) is 105 Å². The monoisotopic (exact) mass is 657 g/mol. The fourth-order valence-corrected chi connectivity index (χ4v) is 6.60. The van der Waals surface area contributed by atoms with Gasteiger partial charge in [-0.1, -0.05) is 77.9 Å².